The van der Waals surface area contributed by atoms with Crippen molar-refractivity contribution in [2.45, 2.75) is 0 Å². The van der Waals surface area contributed by atoms with Gasteiger partial charge in [0.1, 0.15) is 0 Å². The number of fused-ring (bicyclic) bond motifs is 7. The summed E-state index contributed by atoms with van der Waals surface area (Å²) in [6, 6.07) is 84.2. The van der Waals surface area contributed by atoms with E-state index in [1.807, 2.05) is 0 Å². The average Bonchev–Trinajstić information content (AvgIpc) is 3.84. The van der Waals surface area contributed by atoms with Crippen molar-refractivity contribution in [1.82, 2.24) is 9.13 Å². The molecule has 10 aromatic carbocycles. The van der Waals surface area contributed by atoms with E-state index in [0.717, 1.165) is 11.4 Å². The van der Waals surface area contributed by atoms with E-state index in [2.05, 4.69) is 240 Å². The monoisotopic (exact) mass is 762 g/mol. The molecule has 2 heterocycles. The van der Waals surface area contributed by atoms with Crippen LogP contribution in [0.25, 0.3) is 110 Å². The van der Waals surface area contributed by atoms with Crippen LogP contribution in [-0.4, -0.2) is 9.13 Å². The Kier molecular flexibility index (Phi) is 7.89. The Morgan fingerprint density at radius 1 is 0.233 bits per heavy atom. The lowest BCUT2D eigenvalue weighted by atomic mass is 9.96. The Hall–Kier alpha value is -7.94. The lowest BCUT2D eigenvalue weighted by molar-refractivity contribution is 1.18. The number of hydrogen-bond donors (Lipinski definition) is 0. The van der Waals surface area contributed by atoms with Crippen molar-refractivity contribution < 1.29 is 0 Å². The molecule has 2 nitrogen and oxygen atoms in total. The molecule has 0 bridgehead atoms. The second-order valence-corrected chi connectivity index (χ2v) is 15.7. The number of hydrogen-bond acceptors (Lipinski definition) is 0. The summed E-state index contributed by atoms with van der Waals surface area (Å²) in [6.45, 7) is 0. The number of aromatic nitrogens is 2. The molecule has 0 unspecified atom stereocenters. The van der Waals surface area contributed by atoms with Gasteiger partial charge in [0.2, 0.25) is 0 Å². The molecule has 0 aliphatic rings. The molecule has 0 amide bonds. The van der Waals surface area contributed by atoms with Crippen LogP contribution in [0.5, 0.6) is 0 Å². The highest BCUT2D eigenvalue weighted by Crippen LogP contribution is 2.40. The zero-order chi connectivity index (χ0) is 39.6. The smallest absolute Gasteiger partial charge is 0.0541 e. The molecule has 0 spiro atoms. The second-order valence-electron chi connectivity index (χ2n) is 15.7. The molecule has 2 heteroatoms. The average molecular weight is 763 g/mol. The highest BCUT2D eigenvalue weighted by molar-refractivity contribution is 6.13. The summed E-state index contributed by atoms with van der Waals surface area (Å²) in [6.07, 6.45) is 0. The highest BCUT2D eigenvalue weighted by atomic mass is 15.0. The maximum absolute atomic E-state index is 2.45. The third-order valence-corrected chi connectivity index (χ3v) is 12.3. The number of nitrogens with zero attached hydrogens (tertiary/aromatic N) is 2. The summed E-state index contributed by atoms with van der Waals surface area (Å²) >= 11 is 0. The van der Waals surface area contributed by atoms with Crippen LogP contribution < -0.4 is 0 Å². The summed E-state index contributed by atoms with van der Waals surface area (Å²) in [7, 11) is 0. The third kappa shape index (κ3) is 5.57. The van der Waals surface area contributed by atoms with Crippen LogP contribution in [0.15, 0.2) is 231 Å². The van der Waals surface area contributed by atoms with Gasteiger partial charge in [-0.1, -0.05) is 164 Å². The molecule has 12 aromatic rings. The van der Waals surface area contributed by atoms with Gasteiger partial charge in [-0.25, -0.2) is 0 Å². The van der Waals surface area contributed by atoms with Crippen molar-refractivity contribution in [3.63, 3.8) is 0 Å². The lowest BCUT2D eigenvalue weighted by Gasteiger charge is -2.15. The minimum atomic E-state index is 1.16. The van der Waals surface area contributed by atoms with Crippen molar-refractivity contribution in [2.75, 3.05) is 0 Å². The van der Waals surface area contributed by atoms with Crippen molar-refractivity contribution in [3.05, 3.63) is 231 Å². The van der Waals surface area contributed by atoms with Gasteiger partial charge in [0.05, 0.1) is 27.8 Å². The van der Waals surface area contributed by atoms with Gasteiger partial charge in [-0.2, -0.15) is 0 Å². The first-order chi connectivity index (χ1) is 29.7. The fourth-order valence-electron chi connectivity index (χ4n) is 9.42. The van der Waals surface area contributed by atoms with Gasteiger partial charge in [0.15, 0.2) is 0 Å². The molecule has 2 aromatic heterocycles. The lowest BCUT2D eigenvalue weighted by Crippen LogP contribution is -1.97. The minimum Gasteiger partial charge on any atom is -0.309 e. The van der Waals surface area contributed by atoms with E-state index in [4.69, 9.17) is 0 Å². The van der Waals surface area contributed by atoms with Crippen molar-refractivity contribution >= 4 is 54.4 Å². The Morgan fingerprint density at radius 3 is 1.47 bits per heavy atom. The van der Waals surface area contributed by atoms with E-state index >= 15 is 0 Å². The molecule has 280 valence electrons. The summed E-state index contributed by atoms with van der Waals surface area (Å²) < 4.78 is 4.85. The molecule has 12 rings (SSSR count). The topological polar surface area (TPSA) is 9.86 Å². The van der Waals surface area contributed by atoms with Gasteiger partial charge in [-0.15, -0.1) is 0 Å². The van der Waals surface area contributed by atoms with Crippen LogP contribution in [-0.2, 0) is 0 Å². The maximum Gasteiger partial charge on any atom is 0.0541 e. The normalized spacial score (nSPS) is 11.7. The summed E-state index contributed by atoms with van der Waals surface area (Å²) in [5, 5.41) is 7.49. The van der Waals surface area contributed by atoms with Gasteiger partial charge in [0.25, 0.3) is 0 Å². The third-order valence-electron chi connectivity index (χ3n) is 12.3. The van der Waals surface area contributed by atoms with Gasteiger partial charge in [-0.3, -0.25) is 0 Å². The number of rotatable bonds is 6. The van der Waals surface area contributed by atoms with Crippen LogP contribution in [0.1, 0.15) is 0 Å². The summed E-state index contributed by atoms with van der Waals surface area (Å²) in [5.41, 5.74) is 16.8. The summed E-state index contributed by atoms with van der Waals surface area (Å²) in [5.74, 6) is 0. The zero-order valence-electron chi connectivity index (χ0n) is 32.8. The van der Waals surface area contributed by atoms with Crippen LogP contribution >= 0.6 is 0 Å². The Balaban J connectivity index is 0.964. The van der Waals surface area contributed by atoms with Gasteiger partial charge in [-0.05, 0) is 116 Å². The molecule has 0 aliphatic heterocycles. The Bertz CT molecular complexity index is 3590. The number of para-hydroxylation sites is 3. The molecule has 0 fully saturated rings. The molecule has 0 N–H and O–H groups in total. The predicted molar refractivity (Wildman–Crippen MR) is 254 cm³/mol. The zero-order valence-corrected chi connectivity index (χ0v) is 32.8. The van der Waals surface area contributed by atoms with Crippen molar-refractivity contribution in [3.8, 4) is 55.9 Å². The van der Waals surface area contributed by atoms with Crippen molar-refractivity contribution in [2.24, 2.45) is 0 Å². The second kappa shape index (κ2) is 13.9. The van der Waals surface area contributed by atoms with E-state index in [9.17, 15) is 0 Å². The molecular formula is C58H38N2. The largest absolute Gasteiger partial charge is 0.309 e. The fourth-order valence-corrected chi connectivity index (χ4v) is 9.42. The van der Waals surface area contributed by atoms with Crippen LogP contribution in [0.3, 0.4) is 0 Å². The molecule has 0 atom stereocenters. The standard InChI is InChI=1S/C58H38N2/c1-2-13-39(14-3-1)41-27-31-48(32-28-41)59-55-23-10-7-20-50(55)52-37-45(29-33-57(52)59)46-30-34-58-53(38-46)51-21-8-11-24-56(51)60(58)54-22-9-6-19-49(54)47-18-12-17-43(36-47)44-26-25-40-15-4-5-16-42(40)35-44/h1-38H. The Labute approximate surface area is 348 Å². The molecule has 0 saturated carbocycles. The Morgan fingerprint density at radius 2 is 0.717 bits per heavy atom. The maximum atomic E-state index is 2.45. The van der Waals surface area contributed by atoms with Crippen LogP contribution in [0, 0.1) is 0 Å². The predicted octanol–water partition coefficient (Wildman–Crippen LogP) is 15.7. The van der Waals surface area contributed by atoms with E-state index in [1.54, 1.807) is 0 Å². The van der Waals surface area contributed by atoms with Gasteiger partial charge in [0, 0.05) is 32.8 Å². The van der Waals surface area contributed by atoms with E-state index in [1.165, 1.54) is 98.9 Å². The first kappa shape index (κ1) is 34.1. The van der Waals surface area contributed by atoms with Crippen LogP contribution in [0.2, 0.25) is 0 Å². The minimum absolute atomic E-state index is 1.16. The molecular weight excluding hydrogens is 725 g/mol. The first-order valence-corrected chi connectivity index (χ1v) is 20.7. The van der Waals surface area contributed by atoms with E-state index < -0.39 is 0 Å². The molecule has 0 radical (unpaired) electrons. The number of benzene rings is 10. The van der Waals surface area contributed by atoms with Gasteiger partial charge >= 0.3 is 0 Å². The molecule has 0 aliphatic carbocycles. The SMILES string of the molecule is c1ccc(-c2ccc(-n3c4ccccc4c4cc(-c5ccc6c(c5)c5ccccc5n6-c5ccccc5-c5cccc(-c6ccc7ccccc7c6)c5)ccc43)cc2)cc1. The van der Waals surface area contributed by atoms with Gasteiger partial charge < -0.3 is 9.13 Å². The first-order valence-electron chi connectivity index (χ1n) is 20.7. The van der Waals surface area contributed by atoms with E-state index in [-0.39, 0.29) is 0 Å². The highest BCUT2D eigenvalue weighted by Gasteiger charge is 2.18. The van der Waals surface area contributed by atoms with Crippen molar-refractivity contribution in [1.29, 1.82) is 0 Å². The molecule has 60 heavy (non-hydrogen) atoms. The fraction of sp³-hybridized carbons (Fsp3) is 0. The quantitative estimate of drug-likeness (QED) is 0.160. The summed E-state index contributed by atoms with van der Waals surface area (Å²) in [4.78, 5) is 0. The van der Waals surface area contributed by atoms with Crippen LogP contribution in [0.4, 0.5) is 0 Å². The molecule has 0 saturated heterocycles. The van der Waals surface area contributed by atoms with E-state index in [0.29, 0.717) is 0 Å².